The van der Waals surface area contributed by atoms with E-state index < -0.39 is 0 Å². The summed E-state index contributed by atoms with van der Waals surface area (Å²) in [6.07, 6.45) is 2.33. The molecule has 0 aliphatic carbocycles. The van der Waals surface area contributed by atoms with E-state index in [2.05, 4.69) is 24.8 Å². The van der Waals surface area contributed by atoms with E-state index in [1.54, 1.807) is 20.4 Å². The Morgan fingerprint density at radius 1 is 1.14 bits per heavy atom. The molecule has 28 heavy (non-hydrogen) atoms. The second-order valence-corrected chi connectivity index (χ2v) is 6.54. The Bertz CT molecular complexity index is 1040. The van der Waals surface area contributed by atoms with Gasteiger partial charge in [0.2, 0.25) is 11.8 Å². The smallest absolute Gasteiger partial charge is 0.254 e. The lowest BCUT2D eigenvalue weighted by Crippen LogP contribution is -2.35. The van der Waals surface area contributed by atoms with Crippen molar-refractivity contribution in [3.05, 3.63) is 63.7 Å². The summed E-state index contributed by atoms with van der Waals surface area (Å²) < 4.78 is 10.6. The normalized spacial score (nSPS) is 13.8. The van der Waals surface area contributed by atoms with Crippen LogP contribution in [0.1, 0.15) is 16.8 Å². The summed E-state index contributed by atoms with van der Waals surface area (Å²) in [5.41, 5.74) is 3.06. The van der Waals surface area contributed by atoms with Gasteiger partial charge in [-0.3, -0.25) is 14.7 Å². The number of nitrogens with zero attached hydrogens (tertiary/aromatic N) is 4. The summed E-state index contributed by atoms with van der Waals surface area (Å²) in [4.78, 5) is 30.9. The van der Waals surface area contributed by atoms with Crippen LogP contribution in [0, 0.1) is 0 Å². The van der Waals surface area contributed by atoms with Crippen LogP contribution in [0.15, 0.2) is 41.3 Å². The van der Waals surface area contributed by atoms with E-state index in [-0.39, 0.29) is 5.56 Å². The first-order valence-electron chi connectivity index (χ1n) is 9.01. The van der Waals surface area contributed by atoms with Gasteiger partial charge in [-0.1, -0.05) is 6.07 Å². The Morgan fingerprint density at radius 3 is 2.79 bits per heavy atom. The maximum absolute atomic E-state index is 12.5. The minimum absolute atomic E-state index is 0.0889. The summed E-state index contributed by atoms with van der Waals surface area (Å²) in [6, 6.07) is 9.30. The molecule has 1 N–H and O–H groups in total. The van der Waals surface area contributed by atoms with E-state index in [4.69, 9.17) is 9.47 Å². The van der Waals surface area contributed by atoms with Gasteiger partial charge in [0.25, 0.3) is 5.56 Å². The predicted molar refractivity (Wildman–Crippen MR) is 103 cm³/mol. The van der Waals surface area contributed by atoms with Gasteiger partial charge in [-0.2, -0.15) is 4.98 Å². The molecule has 0 saturated carbocycles. The molecular weight excluding hydrogens is 358 g/mol. The Balaban J connectivity index is 1.59. The lowest BCUT2D eigenvalue weighted by Gasteiger charge is -2.28. The van der Waals surface area contributed by atoms with Crippen molar-refractivity contribution in [3.8, 4) is 23.3 Å². The second kappa shape index (κ2) is 7.77. The molecule has 0 aromatic carbocycles. The van der Waals surface area contributed by atoms with Crippen LogP contribution in [0.5, 0.6) is 11.8 Å². The van der Waals surface area contributed by atoms with Crippen molar-refractivity contribution in [2.24, 2.45) is 0 Å². The van der Waals surface area contributed by atoms with Gasteiger partial charge < -0.3 is 14.5 Å². The topological polar surface area (TPSA) is 93.2 Å². The zero-order valence-corrected chi connectivity index (χ0v) is 15.8. The van der Waals surface area contributed by atoms with E-state index in [9.17, 15) is 4.79 Å². The number of hydrogen-bond acceptors (Lipinski definition) is 7. The molecule has 8 heteroatoms. The van der Waals surface area contributed by atoms with Crippen LogP contribution >= 0.6 is 0 Å². The first-order valence-corrected chi connectivity index (χ1v) is 9.01. The van der Waals surface area contributed by atoms with Crippen LogP contribution in [-0.2, 0) is 19.5 Å². The number of methoxy groups -OCH3 is 2. The number of hydrogen-bond donors (Lipinski definition) is 1. The second-order valence-electron chi connectivity index (χ2n) is 6.54. The van der Waals surface area contributed by atoms with Crippen molar-refractivity contribution < 1.29 is 9.47 Å². The van der Waals surface area contributed by atoms with Gasteiger partial charge in [0.15, 0.2) is 5.82 Å². The Kier molecular flexibility index (Phi) is 5.03. The fourth-order valence-corrected chi connectivity index (χ4v) is 3.36. The molecule has 0 radical (unpaired) electrons. The molecule has 1 aliphatic rings. The maximum atomic E-state index is 12.5. The quantitative estimate of drug-likeness (QED) is 0.722. The summed E-state index contributed by atoms with van der Waals surface area (Å²) >= 11 is 0. The van der Waals surface area contributed by atoms with Crippen LogP contribution in [0.3, 0.4) is 0 Å². The summed E-state index contributed by atoms with van der Waals surface area (Å²) in [5, 5.41) is 0. The van der Waals surface area contributed by atoms with Crippen LogP contribution in [-0.4, -0.2) is 45.6 Å². The third-order valence-electron chi connectivity index (χ3n) is 4.77. The van der Waals surface area contributed by atoms with Gasteiger partial charge in [-0.05, 0) is 24.6 Å². The molecule has 0 fully saturated rings. The van der Waals surface area contributed by atoms with Crippen molar-refractivity contribution >= 4 is 0 Å². The molecule has 0 saturated heterocycles. The van der Waals surface area contributed by atoms with Gasteiger partial charge in [0.05, 0.1) is 19.9 Å². The molecule has 4 heterocycles. The van der Waals surface area contributed by atoms with Crippen molar-refractivity contribution in [2.75, 3.05) is 20.8 Å². The molecular formula is C20H21N5O3. The lowest BCUT2D eigenvalue weighted by molar-refractivity contribution is 0.235. The number of aromatic amines is 1. The molecule has 8 nitrogen and oxygen atoms in total. The number of pyridine rings is 2. The van der Waals surface area contributed by atoms with Crippen molar-refractivity contribution in [1.29, 1.82) is 0 Å². The van der Waals surface area contributed by atoms with Crippen LogP contribution in [0.2, 0.25) is 0 Å². The standard InChI is InChI=1S/C20H21N5O3/c1-27-17-7-6-13(20(23-17)28-2)11-25-10-8-14-16(12-25)22-18(24-19(14)26)15-5-3-4-9-21-15/h3-7,9H,8,10-12H2,1-2H3,(H,22,24,26). The molecule has 1 aliphatic heterocycles. The molecule has 3 aromatic heterocycles. The summed E-state index contributed by atoms with van der Waals surface area (Å²) in [6.45, 7) is 1.98. The Labute approximate surface area is 162 Å². The highest BCUT2D eigenvalue weighted by Gasteiger charge is 2.23. The van der Waals surface area contributed by atoms with Crippen molar-refractivity contribution in [2.45, 2.75) is 19.5 Å². The molecule has 0 bridgehead atoms. The number of fused-ring (bicyclic) bond motifs is 1. The third kappa shape index (κ3) is 3.59. The molecule has 0 unspecified atom stereocenters. The summed E-state index contributed by atoms with van der Waals surface area (Å²) in [5.74, 6) is 1.55. The number of aromatic nitrogens is 4. The molecule has 144 valence electrons. The Morgan fingerprint density at radius 2 is 2.04 bits per heavy atom. The van der Waals surface area contributed by atoms with Gasteiger partial charge in [-0.15, -0.1) is 0 Å². The Hall–Kier alpha value is -3.26. The van der Waals surface area contributed by atoms with E-state index >= 15 is 0 Å². The van der Waals surface area contributed by atoms with Crippen molar-refractivity contribution in [3.63, 3.8) is 0 Å². The third-order valence-corrected chi connectivity index (χ3v) is 4.77. The van der Waals surface area contributed by atoms with E-state index in [0.717, 1.165) is 23.4 Å². The number of nitrogens with one attached hydrogen (secondary N) is 1. The van der Waals surface area contributed by atoms with Crippen molar-refractivity contribution in [1.82, 2.24) is 24.8 Å². The minimum Gasteiger partial charge on any atom is -0.481 e. The highest BCUT2D eigenvalue weighted by molar-refractivity contribution is 5.49. The van der Waals surface area contributed by atoms with E-state index in [1.165, 1.54) is 0 Å². The molecule has 0 atom stereocenters. The lowest BCUT2D eigenvalue weighted by atomic mass is 10.1. The average molecular weight is 379 g/mol. The monoisotopic (exact) mass is 379 g/mol. The zero-order chi connectivity index (χ0) is 19.5. The maximum Gasteiger partial charge on any atom is 0.254 e. The van der Waals surface area contributed by atoms with Gasteiger partial charge in [-0.25, -0.2) is 4.98 Å². The first kappa shape index (κ1) is 18.1. The van der Waals surface area contributed by atoms with Gasteiger partial charge in [0, 0.05) is 43.0 Å². The minimum atomic E-state index is -0.0889. The highest BCUT2D eigenvalue weighted by Crippen LogP contribution is 2.24. The van der Waals surface area contributed by atoms with Crippen LogP contribution in [0.4, 0.5) is 0 Å². The molecule has 4 rings (SSSR count). The highest BCUT2D eigenvalue weighted by atomic mass is 16.5. The number of rotatable bonds is 5. The van der Waals surface area contributed by atoms with Crippen LogP contribution < -0.4 is 15.0 Å². The molecule has 0 spiro atoms. The SMILES string of the molecule is COc1ccc(CN2CCc3c(nc(-c4ccccn4)[nH]c3=O)C2)c(OC)n1. The number of H-pyrrole nitrogens is 1. The summed E-state index contributed by atoms with van der Waals surface area (Å²) in [7, 11) is 3.17. The largest absolute Gasteiger partial charge is 0.481 e. The van der Waals surface area contributed by atoms with Gasteiger partial charge in [0.1, 0.15) is 5.69 Å². The number of ether oxygens (including phenoxy) is 2. The van der Waals surface area contributed by atoms with E-state index in [0.29, 0.717) is 42.8 Å². The van der Waals surface area contributed by atoms with Gasteiger partial charge >= 0.3 is 0 Å². The van der Waals surface area contributed by atoms with Crippen LogP contribution in [0.25, 0.3) is 11.5 Å². The predicted octanol–water partition coefficient (Wildman–Crippen LogP) is 1.80. The molecule has 3 aromatic rings. The zero-order valence-electron chi connectivity index (χ0n) is 15.8. The fourth-order valence-electron chi connectivity index (χ4n) is 3.36. The molecule has 0 amide bonds. The fraction of sp³-hybridized carbons (Fsp3) is 0.300. The van der Waals surface area contributed by atoms with E-state index in [1.807, 2.05) is 30.3 Å². The average Bonchev–Trinajstić information content (AvgIpc) is 2.74. The first-order chi connectivity index (χ1) is 13.7.